The first-order valence-electron chi connectivity index (χ1n) is 9.86. The molecule has 31 heavy (non-hydrogen) atoms. The molecule has 1 heterocycles. The number of hydrogen-bond acceptors (Lipinski definition) is 4. The van der Waals surface area contributed by atoms with Gasteiger partial charge in [-0.15, -0.1) is 0 Å². The predicted molar refractivity (Wildman–Crippen MR) is 117 cm³/mol. The number of fused-ring (bicyclic) bond motifs is 1. The minimum absolute atomic E-state index is 0.0330. The van der Waals surface area contributed by atoms with Gasteiger partial charge in [0.05, 0.1) is 6.26 Å². The van der Waals surface area contributed by atoms with Crippen molar-refractivity contribution >= 4 is 23.0 Å². The number of amides is 1. The molecule has 2 N–H and O–H groups in total. The first-order valence-corrected chi connectivity index (χ1v) is 9.86. The average molecular weight is 415 g/mol. The van der Waals surface area contributed by atoms with E-state index in [1.165, 1.54) is 0 Å². The number of carbonyl (C=O) groups excluding carboxylic acids is 1. The summed E-state index contributed by atoms with van der Waals surface area (Å²) < 4.78 is 10.8. The molecule has 156 valence electrons. The Morgan fingerprint density at radius 2 is 1.65 bits per heavy atom. The minimum Gasteiger partial charge on any atom is -0.480 e. The average Bonchev–Trinajstić information content (AvgIpc) is 3.21. The summed E-state index contributed by atoms with van der Waals surface area (Å²) in [4.78, 5) is 23.8. The summed E-state index contributed by atoms with van der Waals surface area (Å²) in [7, 11) is 0. The Labute approximate surface area is 179 Å². The van der Waals surface area contributed by atoms with E-state index in [0.717, 1.165) is 22.1 Å². The number of rotatable bonds is 7. The molecule has 0 fully saturated rings. The van der Waals surface area contributed by atoms with Gasteiger partial charge < -0.3 is 19.6 Å². The van der Waals surface area contributed by atoms with Crippen LogP contribution in [0.15, 0.2) is 89.5 Å². The van der Waals surface area contributed by atoms with Crippen LogP contribution in [0.25, 0.3) is 22.1 Å². The number of ether oxygens (including phenoxy) is 1. The second-order valence-corrected chi connectivity index (χ2v) is 7.14. The summed E-state index contributed by atoms with van der Waals surface area (Å²) in [5, 5.41) is 12.7. The van der Waals surface area contributed by atoms with Crippen molar-refractivity contribution in [1.82, 2.24) is 5.32 Å². The van der Waals surface area contributed by atoms with E-state index in [1.807, 2.05) is 78.9 Å². The van der Waals surface area contributed by atoms with Crippen LogP contribution in [0.4, 0.5) is 4.79 Å². The van der Waals surface area contributed by atoms with Gasteiger partial charge in [0.25, 0.3) is 0 Å². The van der Waals surface area contributed by atoms with Gasteiger partial charge >= 0.3 is 12.1 Å². The highest BCUT2D eigenvalue weighted by molar-refractivity contribution is 5.86. The number of carboxylic acid groups (broad SMARTS) is 1. The van der Waals surface area contributed by atoms with Gasteiger partial charge in [0.2, 0.25) is 0 Å². The maximum atomic E-state index is 12.2. The third kappa shape index (κ3) is 4.93. The second kappa shape index (κ2) is 9.17. The lowest BCUT2D eigenvalue weighted by Crippen LogP contribution is -2.42. The number of alkyl carbamates (subject to hydrolysis) is 1. The fourth-order valence-electron chi connectivity index (χ4n) is 3.38. The lowest BCUT2D eigenvalue weighted by molar-refractivity contribution is -0.139. The molecule has 3 aromatic carbocycles. The summed E-state index contributed by atoms with van der Waals surface area (Å²) in [5.74, 6) is -1.12. The highest BCUT2D eigenvalue weighted by Crippen LogP contribution is 2.28. The zero-order chi connectivity index (χ0) is 21.6. The fourth-order valence-corrected chi connectivity index (χ4v) is 3.38. The van der Waals surface area contributed by atoms with Crippen molar-refractivity contribution in [2.45, 2.75) is 19.1 Å². The molecule has 0 radical (unpaired) electrons. The van der Waals surface area contributed by atoms with Gasteiger partial charge in [0.15, 0.2) is 0 Å². The Kier molecular flexibility index (Phi) is 5.98. The van der Waals surface area contributed by atoms with Crippen LogP contribution < -0.4 is 5.32 Å². The lowest BCUT2D eigenvalue weighted by Gasteiger charge is -2.14. The molecule has 1 amide bonds. The molecule has 0 saturated carbocycles. The number of carbonyl (C=O) groups is 2. The van der Waals surface area contributed by atoms with E-state index < -0.39 is 18.1 Å². The Balaban J connectivity index is 1.43. The maximum absolute atomic E-state index is 12.2. The molecule has 4 rings (SSSR count). The fraction of sp³-hybridized carbons (Fsp3) is 0.120. The number of carboxylic acids is 1. The zero-order valence-electron chi connectivity index (χ0n) is 16.7. The summed E-state index contributed by atoms with van der Waals surface area (Å²) in [6.07, 6.45) is 0.919. The van der Waals surface area contributed by atoms with E-state index in [4.69, 9.17) is 9.15 Å². The Bertz CT molecular complexity index is 1180. The third-order valence-electron chi connectivity index (χ3n) is 4.99. The quantitative estimate of drug-likeness (QED) is 0.442. The summed E-state index contributed by atoms with van der Waals surface area (Å²) in [6.45, 7) is -0.0330. The van der Waals surface area contributed by atoms with Crippen LogP contribution in [-0.4, -0.2) is 23.2 Å². The van der Waals surface area contributed by atoms with Gasteiger partial charge in [0, 0.05) is 17.4 Å². The van der Waals surface area contributed by atoms with Gasteiger partial charge in [-0.05, 0) is 28.8 Å². The predicted octanol–water partition coefficient (Wildman–Crippen LogP) is 5.02. The topological polar surface area (TPSA) is 88.8 Å². The van der Waals surface area contributed by atoms with Crippen molar-refractivity contribution in [3.63, 3.8) is 0 Å². The van der Waals surface area contributed by atoms with E-state index in [9.17, 15) is 14.7 Å². The largest absolute Gasteiger partial charge is 0.480 e. The van der Waals surface area contributed by atoms with Crippen molar-refractivity contribution in [3.8, 4) is 11.1 Å². The van der Waals surface area contributed by atoms with Crippen LogP contribution in [0, 0.1) is 0 Å². The van der Waals surface area contributed by atoms with Crippen LogP contribution in [-0.2, 0) is 22.6 Å². The smallest absolute Gasteiger partial charge is 0.408 e. The summed E-state index contributed by atoms with van der Waals surface area (Å²) in [6, 6.07) is 23.8. The molecule has 1 aromatic heterocycles. The number of hydrogen-bond donors (Lipinski definition) is 2. The Morgan fingerprint density at radius 1 is 0.935 bits per heavy atom. The SMILES string of the molecule is O=C(NC(Cc1ccccc1)C(=O)O)OCc1coc2ccc(-c3ccccc3)cc12. The summed E-state index contributed by atoms with van der Waals surface area (Å²) >= 11 is 0. The first kappa shape index (κ1) is 20.2. The molecule has 6 nitrogen and oxygen atoms in total. The lowest BCUT2D eigenvalue weighted by atomic mass is 10.0. The van der Waals surface area contributed by atoms with E-state index in [0.29, 0.717) is 11.1 Å². The third-order valence-corrected chi connectivity index (χ3v) is 4.99. The van der Waals surface area contributed by atoms with E-state index >= 15 is 0 Å². The van der Waals surface area contributed by atoms with Gasteiger partial charge in [-0.3, -0.25) is 0 Å². The van der Waals surface area contributed by atoms with Crippen LogP contribution in [0.1, 0.15) is 11.1 Å². The van der Waals surface area contributed by atoms with Crippen LogP contribution >= 0.6 is 0 Å². The van der Waals surface area contributed by atoms with Crippen molar-refractivity contribution in [1.29, 1.82) is 0 Å². The molecule has 0 aliphatic carbocycles. The standard InChI is InChI=1S/C25H21NO5/c27-24(28)22(13-17-7-3-1-4-8-17)26-25(29)31-16-20-15-30-23-12-11-19(14-21(20)23)18-9-5-2-6-10-18/h1-12,14-15,22H,13,16H2,(H,26,29)(H,27,28). The van der Waals surface area contributed by atoms with Crippen LogP contribution in [0.2, 0.25) is 0 Å². The van der Waals surface area contributed by atoms with E-state index in [-0.39, 0.29) is 13.0 Å². The molecule has 6 heteroatoms. The van der Waals surface area contributed by atoms with Gasteiger partial charge in [-0.25, -0.2) is 9.59 Å². The zero-order valence-corrected chi connectivity index (χ0v) is 16.7. The second-order valence-electron chi connectivity index (χ2n) is 7.14. The van der Waals surface area contributed by atoms with Gasteiger partial charge in [-0.1, -0.05) is 66.7 Å². The molecular formula is C25H21NO5. The molecule has 0 aliphatic rings. The summed E-state index contributed by atoms with van der Waals surface area (Å²) in [5.41, 5.74) is 4.29. The number of aliphatic carboxylic acids is 1. The molecular weight excluding hydrogens is 394 g/mol. The number of nitrogens with one attached hydrogen (secondary N) is 1. The molecule has 1 unspecified atom stereocenters. The number of furan rings is 1. The highest BCUT2D eigenvalue weighted by atomic mass is 16.5. The van der Waals surface area contributed by atoms with Crippen molar-refractivity contribution in [3.05, 3.63) is 96.3 Å². The molecule has 1 atom stereocenters. The molecule has 0 bridgehead atoms. The van der Waals surface area contributed by atoms with Crippen molar-refractivity contribution < 1.29 is 23.8 Å². The van der Waals surface area contributed by atoms with Crippen molar-refractivity contribution in [2.75, 3.05) is 0 Å². The highest BCUT2D eigenvalue weighted by Gasteiger charge is 2.21. The molecule has 0 saturated heterocycles. The molecule has 4 aromatic rings. The van der Waals surface area contributed by atoms with Gasteiger partial charge in [0.1, 0.15) is 18.2 Å². The van der Waals surface area contributed by atoms with Crippen LogP contribution in [0.3, 0.4) is 0 Å². The normalized spacial score (nSPS) is 11.7. The monoisotopic (exact) mass is 415 g/mol. The first-order chi connectivity index (χ1) is 15.1. The van der Waals surface area contributed by atoms with Gasteiger partial charge in [-0.2, -0.15) is 0 Å². The maximum Gasteiger partial charge on any atom is 0.408 e. The molecule has 0 spiro atoms. The minimum atomic E-state index is -1.12. The Hall–Kier alpha value is -4.06. The van der Waals surface area contributed by atoms with Crippen molar-refractivity contribution in [2.24, 2.45) is 0 Å². The Morgan fingerprint density at radius 3 is 2.35 bits per heavy atom. The molecule has 0 aliphatic heterocycles. The van der Waals surface area contributed by atoms with E-state index in [2.05, 4.69) is 5.32 Å². The number of benzene rings is 3. The van der Waals surface area contributed by atoms with E-state index in [1.54, 1.807) is 6.26 Å². The van der Waals surface area contributed by atoms with Crippen LogP contribution in [0.5, 0.6) is 0 Å².